The molecule has 4 rings (SSSR count). The smallest absolute Gasteiger partial charge is 0.123 e. The van der Waals surface area contributed by atoms with E-state index in [1.54, 1.807) is 23.0 Å². The van der Waals surface area contributed by atoms with E-state index in [9.17, 15) is 9.50 Å². The molecule has 1 N–H and O–H groups in total. The molecule has 4 aromatic rings. The first-order valence-electron chi connectivity index (χ1n) is 8.46. The molecule has 0 saturated carbocycles. The second kappa shape index (κ2) is 7.35. The highest BCUT2D eigenvalue weighted by molar-refractivity contribution is 6.33. The summed E-state index contributed by atoms with van der Waals surface area (Å²) in [6.07, 6.45) is 1.65. The van der Waals surface area contributed by atoms with E-state index >= 15 is 0 Å². The van der Waals surface area contributed by atoms with E-state index in [0.29, 0.717) is 10.6 Å². The van der Waals surface area contributed by atoms with E-state index in [1.165, 1.54) is 12.1 Å². The van der Waals surface area contributed by atoms with Gasteiger partial charge in [-0.1, -0.05) is 54.1 Å². The second-order valence-electron chi connectivity index (χ2n) is 6.12. The number of benzene rings is 3. The van der Waals surface area contributed by atoms with Crippen LogP contribution < -0.4 is 0 Å². The van der Waals surface area contributed by atoms with Crippen LogP contribution in [-0.4, -0.2) is 14.9 Å². The minimum Gasteiger partial charge on any atom is -0.392 e. The van der Waals surface area contributed by atoms with Gasteiger partial charge in [-0.25, -0.2) is 9.07 Å². The van der Waals surface area contributed by atoms with Crippen molar-refractivity contribution in [1.82, 2.24) is 9.78 Å². The van der Waals surface area contributed by atoms with E-state index in [0.717, 1.165) is 28.1 Å². The zero-order chi connectivity index (χ0) is 18.8. The Morgan fingerprint density at radius 1 is 0.889 bits per heavy atom. The predicted octanol–water partition coefficient (Wildman–Crippen LogP) is 5.49. The van der Waals surface area contributed by atoms with Gasteiger partial charge in [-0.3, -0.25) is 0 Å². The molecule has 0 radical (unpaired) electrons. The highest BCUT2D eigenvalue weighted by atomic mass is 35.5. The molecule has 3 aromatic carbocycles. The average molecular weight is 379 g/mol. The Balaban J connectivity index is 1.77. The molecule has 0 atom stereocenters. The van der Waals surface area contributed by atoms with Gasteiger partial charge in [-0.05, 0) is 41.5 Å². The predicted molar refractivity (Wildman–Crippen MR) is 105 cm³/mol. The highest BCUT2D eigenvalue weighted by Gasteiger charge is 2.16. The average Bonchev–Trinajstić information content (AvgIpc) is 3.13. The van der Waals surface area contributed by atoms with Crippen molar-refractivity contribution in [2.45, 2.75) is 6.61 Å². The van der Waals surface area contributed by atoms with Gasteiger partial charge in [0.05, 0.1) is 24.2 Å². The number of nitrogens with zero attached hydrogens (tertiary/aromatic N) is 2. The lowest BCUT2D eigenvalue weighted by Crippen LogP contribution is -2.00. The van der Waals surface area contributed by atoms with Crippen LogP contribution in [0.2, 0.25) is 5.02 Å². The van der Waals surface area contributed by atoms with Crippen molar-refractivity contribution < 1.29 is 9.50 Å². The fourth-order valence-electron chi connectivity index (χ4n) is 3.07. The van der Waals surface area contributed by atoms with E-state index in [4.69, 9.17) is 11.6 Å². The molecule has 0 amide bonds. The van der Waals surface area contributed by atoms with Crippen LogP contribution in [0.1, 0.15) is 5.56 Å². The summed E-state index contributed by atoms with van der Waals surface area (Å²) in [5, 5.41) is 14.8. The zero-order valence-corrected chi connectivity index (χ0v) is 15.1. The first-order chi connectivity index (χ1) is 13.2. The standard InChI is InChI=1S/C22H16ClFN2O/c23-21-4-2-1-3-20(21)22-17(14-27)13-25-26(22)19-11-7-16(8-12-19)15-5-9-18(24)10-6-15/h1-13,27H,14H2. The van der Waals surface area contributed by atoms with Crippen LogP contribution in [0.3, 0.4) is 0 Å². The Morgan fingerprint density at radius 2 is 1.52 bits per heavy atom. The van der Waals surface area contributed by atoms with Crippen LogP contribution in [0.4, 0.5) is 4.39 Å². The summed E-state index contributed by atoms with van der Waals surface area (Å²) in [5.74, 6) is -0.257. The SMILES string of the molecule is OCc1cnn(-c2ccc(-c3ccc(F)cc3)cc2)c1-c1ccccc1Cl. The van der Waals surface area contributed by atoms with Gasteiger partial charge >= 0.3 is 0 Å². The molecule has 3 nitrogen and oxygen atoms in total. The summed E-state index contributed by atoms with van der Waals surface area (Å²) in [6, 6.07) is 21.7. The van der Waals surface area contributed by atoms with E-state index in [2.05, 4.69) is 5.10 Å². The maximum Gasteiger partial charge on any atom is 0.123 e. The molecule has 27 heavy (non-hydrogen) atoms. The van der Waals surface area contributed by atoms with Gasteiger partial charge in [0, 0.05) is 16.1 Å². The summed E-state index contributed by atoms with van der Waals surface area (Å²) in [5.41, 5.74) is 5.03. The first-order valence-corrected chi connectivity index (χ1v) is 8.84. The van der Waals surface area contributed by atoms with Crippen LogP contribution in [0.15, 0.2) is 79.0 Å². The number of rotatable bonds is 4. The van der Waals surface area contributed by atoms with Gasteiger partial charge in [0.1, 0.15) is 5.82 Å². The van der Waals surface area contributed by atoms with Crippen molar-refractivity contribution in [3.05, 3.63) is 95.4 Å². The third-order valence-corrected chi connectivity index (χ3v) is 4.76. The number of aliphatic hydroxyl groups is 1. The topological polar surface area (TPSA) is 38.1 Å². The van der Waals surface area contributed by atoms with Crippen LogP contribution in [-0.2, 0) is 6.61 Å². The molecule has 0 saturated heterocycles. The van der Waals surface area contributed by atoms with Crippen LogP contribution in [0.5, 0.6) is 0 Å². The summed E-state index contributed by atoms with van der Waals surface area (Å²) >= 11 is 6.37. The molecule has 0 spiro atoms. The van der Waals surface area contributed by atoms with Gasteiger partial charge in [0.15, 0.2) is 0 Å². The van der Waals surface area contributed by atoms with Gasteiger partial charge in [0.2, 0.25) is 0 Å². The van der Waals surface area contributed by atoms with Crippen LogP contribution in [0.25, 0.3) is 28.1 Å². The van der Waals surface area contributed by atoms with Gasteiger partial charge in [-0.15, -0.1) is 0 Å². The van der Waals surface area contributed by atoms with Crippen molar-refractivity contribution in [2.75, 3.05) is 0 Å². The summed E-state index contributed by atoms with van der Waals surface area (Å²) in [4.78, 5) is 0. The Kier molecular flexibility index (Phi) is 4.75. The minimum absolute atomic E-state index is 0.131. The van der Waals surface area contributed by atoms with E-state index in [-0.39, 0.29) is 12.4 Å². The number of hydrogen-bond donors (Lipinski definition) is 1. The molecular weight excluding hydrogens is 363 g/mol. The molecule has 0 bridgehead atoms. The molecule has 1 aromatic heterocycles. The Morgan fingerprint density at radius 3 is 2.15 bits per heavy atom. The summed E-state index contributed by atoms with van der Waals surface area (Å²) in [6.45, 7) is -0.131. The number of aromatic nitrogens is 2. The Labute approximate surface area is 161 Å². The van der Waals surface area contributed by atoms with Gasteiger partial charge in [0.25, 0.3) is 0 Å². The second-order valence-corrected chi connectivity index (χ2v) is 6.53. The lowest BCUT2D eigenvalue weighted by Gasteiger charge is -2.12. The summed E-state index contributed by atoms with van der Waals surface area (Å²) < 4.78 is 14.9. The van der Waals surface area contributed by atoms with E-state index in [1.807, 2.05) is 48.5 Å². The maximum atomic E-state index is 13.1. The van der Waals surface area contributed by atoms with Crippen molar-refractivity contribution in [2.24, 2.45) is 0 Å². The summed E-state index contributed by atoms with van der Waals surface area (Å²) in [7, 11) is 0. The largest absolute Gasteiger partial charge is 0.392 e. The fraction of sp³-hybridized carbons (Fsp3) is 0.0455. The number of aliphatic hydroxyl groups excluding tert-OH is 1. The Bertz CT molecular complexity index is 1070. The third-order valence-electron chi connectivity index (χ3n) is 4.43. The quantitative estimate of drug-likeness (QED) is 0.509. The lowest BCUT2D eigenvalue weighted by molar-refractivity contribution is 0.282. The molecule has 0 aliphatic heterocycles. The molecule has 0 aliphatic rings. The normalized spacial score (nSPS) is 10.9. The monoisotopic (exact) mass is 378 g/mol. The first kappa shape index (κ1) is 17.5. The van der Waals surface area contributed by atoms with Crippen molar-refractivity contribution in [1.29, 1.82) is 0 Å². The molecule has 0 aliphatic carbocycles. The molecule has 0 fully saturated rings. The fourth-order valence-corrected chi connectivity index (χ4v) is 3.30. The van der Waals surface area contributed by atoms with Crippen LogP contribution >= 0.6 is 11.6 Å². The van der Waals surface area contributed by atoms with Gasteiger partial charge < -0.3 is 5.11 Å². The minimum atomic E-state index is -0.257. The van der Waals surface area contributed by atoms with Crippen molar-refractivity contribution in [3.8, 4) is 28.1 Å². The van der Waals surface area contributed by atoms with Crippen molar-refractivity contribution in [3.63, 3.8) is 0 Å². The number of hydrogen-bond acceptors (Lipinski definition) is 2. The zero-order valence-electron chi connectivity index (χ0n) is 14.3. The molecular formula is C22H16ClFN2O. The van der Waals surface area contributed by atoms with E-state index < -0.39 is 0 Å². The molecule has 134 valence electrons. The molecule has 1 heterocycles. The molecule has 0 unspecified atom stereocenters. The Hall–Kier alpha value is -2.95. The highest BCUT2D eigenvalue weighted by Crippen LogP contribution is 2.32. The van der Waals surface area contributed by atoms with Crippen molar-refractivity contribution >= 4 is 11.6 Å². The van der Waals surface area contributed by atoms with Gasteiger partial charge in [-0.2, -0.15) is 5.10 Å². The third kappa shape index (κ3) is 3.37. The van der Waals surface area contributed by atoms with Crippen LogP contribution in [0, 0.1) is 5.82 Å². The maximum absolute atomic E-state index is 13.1. The number of halogens is 2. The lowest BCUT2D eigenvalue weighted by atomic mass is 10.0. The molecule has 5 heteroatoms.